The van der Waals surface area contributed by atoms with Crippen LogP contribution in [0, 0.1) is 0 Å². The average Bonchev–Trinajstić information content (AvgIpc) is 2.38. The van der Waals surface area contributed by atoms with Crippen molar-refractivity contribution in [3.63, 3.8) is 0 Å². The Morgan fingerprint density at radius 1 is 1.11 bits per heavy atom. The molecule has 1 aromatic carbocycles. The minimum absolute atomic E-state index is 0.156. The van der Waals surface area contributed by atoms with Crippen molar-refractivity contribution >= 4 is 38.2 Å². The topological polar surface area (TPSA) is 63.2 Å². The van der Waals surface area contributed by atoms with Gasteiger partial charge in [-0.15, -0.1) is 0 Å². The highest BCUT2D eigenvalue weighted by atomic mass is 35.5. The molecule has 0 atom stereocenters. The lowest BCUT2D eigenvalue weighted by atomic mass is 10.2. The molecular weight excluding hydrogens is 286 g/mol. The predicted octanol–water partition coefficient (Wildman–Crippen LogP) is 1.52. The molecule has 0 radical (unpaired) electrons. The highest BCUT2D eigenvalue weighted by molar-refractivity contribution is 7.91. The van der Waals surface area contributed by atoms with Crippen LogP contribution in [0.1, 0.15) is 0 Å². The molecule has 1 saturated heterocycles. The Morgan fingerprint density at radius 3 is 2.53 bits per heavy atom. The van der Waals surface area contributed by atoms with Crippen LogP contribution in [0.2, 0.25) is 5.28 Å². The van der Waals surface area contributed by atoms with Crippen molar-refractivity contribution in [2.24, 2.45) is 0 Å². The molecule has 19 heavy (non-hydrogen) atoms. The van der Waals surface area contributed by atoms with Gasteiger partial charge in [0, 0.05) is 18.5 Å². The summed E-state index contributed by atoms with van der Waals surface area (Å²) in [6, 6.07) is 7.58. The zero-order chi connectivity index (χ0) is 13.5. The zero-order valence-corrected chi connectivity index (χ0v) is 11.7. The van der Waals surface area contributed by atoms with Gasteiger partial charge in [-0.1, -0.05) is 12.1 Å². The number of nitrogens with zero attached hydrogens (tertiary/aromatic N) is 3. The molecule has 3 rings (SSSR count). The molecule has 7 heteroatoms. The van der Waals surface area contributed by atoms with Gasteiger partial charge in [-0.25, -0.2) is 13.4 Å². The van der Waals surface area contributed by atoms with E-state index < -0.39 is 9.84 Å². The number of hydrogen-bond donors (Lipinski definition) is 0. The monoisotopic (exact) mass is 297 g/mol. The number of hydrogen-bond acceptors (Lipinski definition) is 5. The summed E-state index contributed by atoms with van der Waals surface area (Å²) in [5, 5.41) is 1.08. The molecule has 0 unspecified atom stereocenters. The van der Waals surface area contributed by atoms with Gasteiger partial charge in [0.1, 0.15) is 5.82 Å². The highest BCUT2D eigenvalue weighted by Gasteiger charge is 2.24. The lowest BCUT2D eigenvalue weighted by Crippen LogP contribution is -2.40. The van der Waals surface area contributed by atoms with E-state index in [-0.39, 0.29) is 16.8 Å². The van der Waals surface area contributed by atoms with Crippen molar-refractivity contribution in [3.05, 3.63) is 29.5 Å². The lowest BCUT2D eigenvalue weighted by Gasteiger charge is -2.28. The lowest BCUT2D eigenvalue weighted by molar-refractivity contribution is 0.586. The van der Waals surface area contributed by atoms with Gasteiger partial charge in [0.2, 0.25) is 5.28 Å². The first-order valence-corrected chi connectivity index (χ1v) is 8.13. The molecule has 0 spiro atoms. The number of benzene rings is 1. The minimum Gasteiger partial charge on any atom is -0.354 e. The molecule has 1 fully saturated rings. The van der Waals surface area contributed by atoms with Gasteiger partial charge in [0.25, 0.3) is 0 Å². The Balaban J connectivity index is 2.05. The van der Waals surface area contributed by atoms with E-state index in [1.54, 1.807) is 0 Å². The summed E-state index contributed by atoms with van der Waals surface area (Å²) >= 11 is 5.93. The summed E-state index contributed by atoms with van der Waals surface area (Å²) in [6.07, 6.45) is 0. The first kappa shape index (κ1) is 12.6. The number of para-hydroxylation sites is 1. The van der Waals surface area contributed by atoms with Crippen LogP contribution in [0.25, 0.3) is 10.9 Å². The summed E-state index contributed by atoms with van der Waals surface area (Å²) in [5.74, 6) is 1.02. The number of sulfone groups is 1. The smallest absolute Gasteiger partial charge is 0.224 e. The van der Waals surface area contributed by atoms with E-state index in [1.807, 2.05) is 29.2 Å². The third-order valence-electron chi connectivity index (χ3n) is 3.20. The molecule has 0 amide bonds. The second-order valence-electron chi connectivity index (χ2n) is 4.47. The Morgan fingerprint density at radius 2 is 1.79 bits per heavy atom. The summed E-state index contributed by atoms with van der Waals surface area (Å²) in [5.41, 5.74) is 0.769. The van der Waals surface area contributed by atoms with Crippen molar-refractivity contribution < 1.29 is 8.42 Å². The van der Waals surface area contributed by atoms with Crippen LogP contribution in [0.15, 0.2) is 24.3 Å². The Bertz CT molecular complexity index is 719. The Labute approximate surface area is 116 Å². The third-order valence-corrected chi connectivity index (χ3v) is 4.98. The van der Waals surface area contributed by atoms with Crippen LogP contribution in [-0.4, -0.2) is 43.0 Å². The minimum atomic E-state index is -2.91. The molecular formula is C12H12ClN3O2S. The van der Waals surface area contributed by atoms with Crippen molar-refractivity contribution in [3.8, 4) is 0 Å². The molecule has 0 saturated carbocycles. The summed E-state index contributed by atoms with van der Waals surface area (Å²) in [6.45, 7) is 0.888. The van der Waals surface area contributed by atoms with Crippen molar-refractivity contribution in [2.45, 2.75) is 0 Å². The van der Waals surface area contributed by atoms with Crippen LogP contribution in [-0.2, 0) is 9.84 Å². The molecule has 5 nitrogen and oxygen atoms in total. The van der Waals surface area contributed by atoms with Gasteiger partial charge in [-0.2, -0.15) is 4.98 Å². The van der Waals surface area contributed by atoms with Gasteiger partial charge in [0.05, 0.1) is 17.0 Å². The summed E-state index contributed by atoms with van der Waals surface area (Å²) in [7, 11) is -2.91. The fraction of sp³-hybridized carbons (Fsp3) is 0.333. The Kier molecular flexibility index (Phi) is 3.06. The van der Waals surface area contributed by atoms with E-state index in [0.29, 0.717) is 18.9 Å². The Hall–Kier alpha value is -1.40. The molecule has 0 N–H and O–H groups in total. The summed E-state index contributed by atoms with van der Waals surface area (Å²) in [4.78, 5) is 10.4. The SMILES string of the molecule is O=S1(=O)CCN(c2nc(Cl)nc3ccccc23)CC1. The summed E-state index contributed by atoms with van der Waals surface area (Å²) < 4.78 is 22.9. The van der Waals surface area contributed by atoms with E-state index >= 15 is 0 Å². The van der Waals surface area contributed by atoms with Gasteiger partial charge in [0.15, 0.2) is 9.84 Å². The zero-order valence-electron chi connectivity index (χ0n) is 10.1. The third kappa shape index (κ3) is 2.50. The molecule has 100 valence electrons. The second kappa shape index (κ2) is 4.61. The van der Waals surface area contributed by atoms with E-state index in [1.165, 1.54) is 0 Å². The fourth-order valence-corrected chi connectivity index (χ4v) is 3.57. The largest absolute Gasteiger partial charge is 0.354 e. The highest BCUT2D eigenvalue weighted by Crippen LogP contribution is 2.26. The van der Waals surface area contributed by atoms with Gasteiger partial charge >= 0.3 is 0 Å². The van der Waals surface area contributed by atoms with Gasteiger partial charge < -0.3 is 4.90 Å². The number of aromatic nitrogens is 2. The van der Waals surface area contributed by atoms with Crippen molar-refractivity contribution in [1.82, 2.24) is 9.97 Å². The molecule has 1 aliphatic heterocycles. The van der Waals surface area contributed by atoms with Crippen LogP contribution in [0.4, 0.5) is 5.82 Å². The number of anilines is 1. The molecule has 1 aliphatic rings. The van der Waals surface area contributed by atoms with E-state index in [0.717, 1.165) is 10.9 Å². The van der Waals surface area contributed by atoms with Crippen LogP contribution >= 0.6 is 11.6 Å². The number of halogens is 1. The number of rotatable bonds is 1. The van der Waals surface area contributed by atoms with E-state index in [4.69, 9.17) is 11.6 Å². The van der Waals surface area contributed by atoms with Crippen LogP contribution in [0.3, 0.4) is 0 Å². The van der Waals surface area contributed by atoms with Crippen molar-refractivity contribution in [2.75, 3.05) is 29.5 Å². The first-order chi connectivity index (χ1) is 9.05. The molecule has 0 bridgehead atoms. The molecule has 1 aromatic heterocycles. The fourth-order valence-electron chi connectivity index (χ4n) is 2.20. The predicted molar refractivity (Wildman–Crippen MR) is 75.4 cm³/mol. The van der Waals surface area contributed by atoms with Gasteiger partial charge in [-0.05, 0) is 23.7 Å². The maximum Gasteiger partial charge on any atom is 0.224 e. The second-order valence-corrected chi connectivity index (χ2v) is 7.11. The average molecular weight is 298 g/mol. The normalized spacial score (nSPS) is 18.7. The van der Waals surface area contributed by atoms with E-state index in [9.17, 15) is 8.42 Å². The number of fused-ring (bicyclic) bond motifs is 1. The van der Waals surface area contributed by atoms with Crippen molar-refractivity contribution in [1.29, 1.82) is 0 Å². The van der Waals surface area contributed by atoms with Crippen LogP contribution in [0.5, 0.6) is 0 Å². The molecule has 2 aromatic rings. The van der Waals surface area contributed by atoms with Crippen LogP contribution < -0.4 is 4.90 Å². The van der Waals surface area contributed by atoms with Gasteiger partial charge in [-0.3, -0.25) is 0 Å². The van der Waals surface area contributed by atoms with E-state index in [2.05, 4.69) is 9.97 Å². The maximum atomic E-state index is 11.5. The standard InChI is InChI=1S/C12H12ClN3O2S/c13-12-14-10-4-2-1-3-9(10)11(15-12)16-5-7-19(17,18)8-6-16/h1-4H,5-8H2. The first-order valence-electron chi connectivity index (χ1n) is 5.93. The molecule has 2 heterocycles. The quantitative estimate of drug-likeness (QED) is 0.747. The maximum absolute atomic E-state index is 11.5. The molecule has 0 aliphatic carbocycles.